The van der Waals surface area contributed by atoms with Gasteiger partial charge >= 0.3 is 5.97 Å². The average molecular weight is 357 g/mol. The molecule has 0 bridgehead atoms. The van der Waals surface area contributed by atoms with E-state index in [0.717, 1.165) is 13.1 Å². The molecule has 15 heavy (non-hydrogen) atoms. The van der Waals surface area contributed by atoms with Crippen LogP contribution in [0, 0.1) is 0 Å². The van der Waals surface area contributed by atoms with Crippen molar-refractivity contribution in [1.82, 2.24) is 5.32 Å². The normalized spacial score (nSPS) is 12.5. The van der Waals surface area contributed by atoms with Crippen molar-refractivity contribution in [2.45, 2.75) is 19.5 Å². The number of rotatable bonds is 4. The number of thiophene rings is 1. The van der Waals surface area contributed by atoms with Gasteiger partial charge in [0.15, 0.2) is 0 Å². The molecule has 0 aliphatic heterocycles. The number of nitrogens with one attached hydrogen (secondary N) is 1. The van der Waals surface area contributed by atoms with Gasteiger partial charge in [0.2, 0.25) is 0 Å². The van der Waals surface area contributed by atoms with E-state index in [-0.39, 0.29) is 12.0 Å². The van der Waals surface area contributed by atoms with Gasteiger partial charge in [-0.15, -0.1) is 11.3 Å². The van der Waals surface area contributed by atoms with Gasteiger partial charge in [-0.25, -0.2) is 0 Å². The van der Waals surface area contributed by atoms with E-state index in [1.807, 2.05) is 6.07 Å². The van der Waals surface area contributed by atoms with Gasteiger partial charge < -0.3 is 4.74 Å². The van der Waals surface area contributed by atoms with Crippen molar-refractivity contribution in [1.29, 1.82) is 0 Å². The number of methoxy groups -OCH3 is 1. The maximum atomic E-state index is 11.1. The summed E-state index contributed by atoms with van der Waals surface area (Å²) < 4.78 is 6.71. The van der Waals surface area contributed by atoms with Crippen molar-refractivity contribution in [3.05, 3.63) is 19.2 Å². The molecule has 0 aliphatic rings. The minimum atomic E-state index is -0.283. The zero-order valence-electron chi connectivity index (χ0n) is 8.34. The molecule has 1 rings (SSSR count). The van der Waals surface area contributed by atoms with Crippen LogP contribution in [0.2, 0.25) is 0 Å². The second kappa shape index (κ2) is 5.98. The first-order valence-electron chi connectivity index (χ1n) is 4.29. The number of esters is 1. The lowest BCUT2D eigenvalue weighted by Gasteiger charge is -2.09. The van der Waals surface area contributed by atoms with Gasteiger partial charge in [-0.3, -0.25) is 10.1 Å². The quantitative estimate of drug-likeness (QED) is 0.843. The summed E-state index contributed by atoms with van der Waals surface area (Å²) in [7, 11) is 1.39. The van der Waals surface area contributed by atoms with Gasteiger partial charge in [-0.1, -0.05) is 0 Å². The fourth-order valence-corrected chi connectivity index (χ4v) is 3.12. The Bertz CT molecular complexity index is 334. The number of carbonyl (C=O) groups is 1. The highest BCUT2D eigenvalue weighted by atomic mass is 79.9. The first kappa shape index (κ1) is 13.2. The first-order chi connectivity index (χ1) is 7.04. The van der Waals surface area contributed by atoms with Gasteiger partial charge in [-0.05, 0) is 44.8 Å². The second-order valence-electron chi connectivity index (χ2n) is 2.96. The van der Waals surface area contributed by atoms with E-state index in [2.05, 4.69) is 41.9 Å². The lowest BCUT2D eigenvalue weighted by molar-refractivity contribution is -0.142. The maximum absolute atomic E-state index is 11.1. The summed E-state index contributed by atoms with van der Waals surface area (Å²) in [4.78, 5) is 12.3. The maximum Gasteiger partial charge on any atom is 0.322 e. The molecular formula is C9H11Br2NO2S. The first-order valence-corrected chi connectivity index (χ1v) is 6.69. The minimum Gasteiger partial charge on any atom is -0.468 e. The van der Waals surface area contributed by atoms with Crippen molar-refractivity contribution in [2.75, 3.05) is 7.11 Å². The molecule has 0 saturated heterocycles. The Hall–Kier alpha value is 0.0900. The van der Waals surface area contributed by atoms with Crippen LogP contribution in [0.25, 0.3) is 0 Å². The molecule has 0 spiro atoms. The molecular weight excluding hydrogens is 346 g/mol. The van der Waals surface area contributed by atoms with E-state index in [0.29, 0.717) is 6.54 Å². The summed E-state index contributed by atoms with van der Waals surface area (Å²) in [5, 5.41) is 3.08. The van der Waals surface area contributed by atoms with Crippen molar-refractivity contribution >= 4 is 49.2 Å². The van der Waals surface area contributed by atoms with E-state index < -0.39 is 0 Å². The molecule has 0 saturated carbocycles. The molecule has 0 amide bonds. The van der Waals surface area contributed by atoms with Crippen LogP contribution in [-0.2, 0) is 16.1 Å². The Morgan fingerprint density at radius 2 is 2.33 bits per heavy atom. The summed E-state index contributed by atoms with van der Waals surface area (Å²) in [5.41, 5.74) is 0. The monoisotopic (exact) mass is 355 g/mol. The highest BCUT2D eigenvalue weighted by Crippen LogP contribution is 2.32. The van der Waals surface area contributed by atoms with Crippen LogP contribution in [0.15, 0.2) is 14.3 Å². The molecule has 1 aromatic heterocycles. The molecule has 0 aromatic carbocycles. The summed E-state index contributed by atoms with van der Waals surface area (Å²) in [6.07, 6.45) is 0. The van der Waals surface area contributed by atoms with Crippen molar-refractivity contribution < 1.29 is 9.53 Å². The number of ether oxygens (including phenoxy) is 1. The van der Waals surface area contributed by atoms with Crippen LogP contribution in [0.4, 0.5) is 0 Å². The molecule has 3 nitrogen and oxygen atoms in total. The average Bonchev–Trinajstić information content (AvgIpc) is 2.54. The largest absolute Gasteiger partial charge is 0.468 e. The fourth-order valence-electron chi connectivity index (χ4n) is 0.992. The van der Waals surface area contributed by atoms with E-state index in [1.54, 1.807) is 18.3 Å². The molecule has 0 unspecified atom stereocenters. The fraction of sp³-hybridized carbons (Fsp3) is 0.444. The predicted molar refractivity (Wildman–Crippen MR) is 68.0 cm³/mol. The minimum absolute atomic E-state index is 0.246. The zero-order chi connectivity index (χ0) is 11.4. The second-order valence-corrected chi connectivity index (χ2v) is 6.27. The summed E-state index contributed by atoms with van der Waals surface area (Å²) in [5.74, 6) is -0.246. The van der Waals surface area contributed by atoms with Gasteiger partial charge in [0, 0.05) is 15.9 Å². The van der Waals surface area contributed by atoms with Crippen LogP contribution < -0.4 is 5.32 Å². The molecule has 0 aliphatic carbocycles. The van der Waals surface area contributed by atoms with E-state index in [1.165, 1.54) is 7.11 Å². The predicted octanol–water partition coefficient (Wildman–Crippen LogP) is 2.92. The third kappa shape index (κ3) is 3.86. The smallest absolute Gasteiger partial charge is 0.322 e. The number of hydrogen-bond donors (Lipinski definition) is 1. The molecule has 0 radical (unpaired) electrons. The van der Waals surface area contributed by atoms with E-state index in [9.17, 15) is 4.79 Å². The molecule has 84 valence electrons. The molecule has 1 aromatic rings. The summed E-state index contributed by atoms with van der Waals surface area (Å²) >= 11 is 8.46. The van der Waals surface area contributed by atoms with Gasteiger partial charge in [0.05, 0.1) is 10.9 Å². The van der Waals surface area contributed by atoms with Gasteiger partial charge in [-0.2, -0.15) is 0 Å². The number of halogens is 2. The Morgan fingerprint density at radius 3 is 2.80 bits per heavy atom. The summed E-state index contributed by atoms with van der Waals surface area (Å²) in [6.45, 7) is 2.44. The van der Waals surface area contributed by atoms with Crippen LogP contribution in [0.1, 0.15) is 11.8 Å². The zero-order valence-corrected chi connectivity index (χ0v) is 12.3. The number of carbonyl (C=O) groups excluding carboxylic acids is 1. The Labute approximate surface area is 109 Å². The SMILES string of the molecule is COC(=O)[C@H](C)NCc1cc(Br)c(Br)s1. The van der Waals surface area contributed by atoms with Crippen molar-refractivity contribution in [3.63, 3.8) is 0 Å². The Kier molecular flexibility index (Phi) is 5.25. The van der Waals surface area contributed by atoms with Crippen LogP contribution in [0.5, 0.6) is 0 Å². The van der Waals surface area contributed by atoms with E-state index in [4.69, 9.17) is 0 Å². The third-order valence-electron chi connectivity index (χ3n) is 1.83. The van der Waals surface area contributed by atoms with Gasteiger partial charge in [0.25, 0.3) is 0 Å². The standard InChI is InChI=1S/C9H11Br2NO2S/c1-5(9(13)14-2)12-4-6-3-7(10)8(11)15-6/h3,5,12H,4H2,1-2H3/t5-/m0/s1. The van der Waals surface area contributed by atoms with Crippen LogP contribution >= 0.6 is 43.2 Å². The lowest BCUT2D eigenvalue weighted by Crippen LogP contribution is -2.34. The van der Waals surface area contributed by atoms with E-state index >= 15 is 0 Å². The Balaban J connectivity index is 2.47. The topological polar surface area (TPSA) is 38.3 Å². The molecule has 1 N–H and O–H groups in total. The van der Waals surface area contributed by atoms with Crippen molar-refractivity contribution in [2.24, 2.45) is 0 Å². The Morgan fingerprint density at radius 1 is 1.67 bits per heavy atom. The van der Waals surface area contributed by atoms with Crippen LogP contribution in [0.3, 0.4) is 0 Å². The third-order valence-corrected chi connectivity index (χ3v) is 5.09. The lowest BCUT2D eigenvalue weighted by atomic mass is 10.3. The molecule has 6 heteroatoms. The molecule has 1 heterocycles. The summed E-state index contributed by atoms with van der Waals surface area (Å²) in [6, 6.07) is 1.74. The molecule has 0 fully saturated rings. The van der Waals surface area contributed by atoms with Gasteiger partial charge in [0.1, 0.15) is 6.04 Å². The number of hydrogen-bond acceptors (Lipinski definition) is 4. The highest BCUT2D eigenvalue weighted by Gasteiger charge is 2.12. The van der Waals surface area contributed by atoms with Crippen LogP contribution in [-0.4, -0.2) is 19.1 Å². The molecule has 1 atom stereocenters. The van der Waals surface area contributed by atoms with Crippen molar-refractivity contribution in [3.8, 4) is 0 Å². The highest BCUT2D eigenvalue weighted by molar-refractivity contribution is 9.13.